The molecule has 0 unspecified atom stereocenters. The SMILES string of the molecule is CCOC(=O)N[C@H]1CCc2c(Br)c(OC)c(OC)c(OC)c2-c2ccc(SC)c(=O)cc21. The monoisotopic (exact) mass is 523 g/mol. The van der Waals surface area contributed by atoms with Gasteiger partial charge < -0.3 is 24.3 Å². The lowest BCUT2D eigenvalue weighted by molar-refractivity contribution is 0.147. The smallest absolute Gasteiger partial charge is 0.407 e. The zero-order chi connectivity index (χ0) is 23.4. The molecule has 0 aliphatic heterocycles. The van der Waals surface area contributed by atoms with E-state index in [9.17, 15) is 9.59 Å². The zero-order valence-electron chi connectivity index (χ0n) is 18.7. The second-order valence-electron chi connectivity index (χ2n) is 7.00. The third-order valence-corrected chi connectivity index (χ3v) is 6.99. The lowest BCUT2D eigenvalue weighted by atomic mass is 9.95. The van der Waals surface area contributed by atoms with Crippen molar-refractivity contribution in [3.8, 4) is 28.4 Å². The molecule has 0 spiro atoms. The molecule has 0 heterocycles. The average Bonchev–Trinajstić information content (AvgIpc) is 3.03. The van der Waals surface area contributed by atoms with Gasteiger partial charge in [0.2, 0.25) is 5.75 Å². The van der Waals surface area contributed by atoms with Crippen molar-refractivity contribution in [3.63, 3.8) is 0 Å². The maximum atomic E-state index is 12.9. The van der Waals surface area contributed by atoms with E-state index in [-0.39, 0.29) is 12.0 Å². The summed E-state index contributed by atoms with van der Waals surface area (Å²) >= 11 is 5.05. The molecule has 1 aliphatic carbocycles. The number of nitrogens with one attached hydrogen (secondary N) is 1. The van der Waals surface area contributed by atoms with Crippen LogP contribution in [0.5, 0.6) is 17.2 Å². The Kier molecular flexibility index (Phi) is 7.95. The predicted molar refractivity (Wildman–Crippen MR) is 129 cm³/mol. The normalized spacial score (nSPS) is 14.5. The average molecular weight is 524 g/mol. The molecule has 0 fully saturated rings. The second-order valence-corrected chi connectivity index (χ2v) is 8.64. The van der Waals surface area contributed by atoms with Gasteiger partial charge >= 0.3 is 6.09 Å². The Morgan fingerprint density at radius 2 is 1.84 bits per heavy atom. The number of carbonyl (C=O) groups excluding carboxylic acids is 1. The molecule has 1 N–H and O–H groups in total. The standard InChI is InChI=1S/C23H26BrNO6S/c1-6-31-23(27)25-15-9-7-13-18(12-8-10-17(32-5)16(26)11-14(12)15)20(28-2)22(30-4)21(29-3)19(13)24/h8,10-11,15H,6-7,9H2,1-5H3,(H,25,27)/t15-/m0/s1. The minimum atomic E-state index is -0.528. The van der Waals surface area contributed by atoms with Crippen LogP contribution in [0.1, 0.15) is 30.5 Å². The van der Waals surface area contributed by atoms with E-state index in [4.69, 9.17) is 18.9 Å². The van der Waals surface area contributed by atoms with E-state index in [0.717, 1.165) is 21.2 Å². The van der Waals surface area contributed by atoms with Gasteiger partial charge in [-0.3, -0.25) is 4.79 Å². The molecule has 0 bridgehead atoms. The van der Waals surface area contributed by atoms with Gasteiger partial charge in [-0.2, -0.15) is 0 Å². The van der Waals surface area contributed by atoms with E-state index >= 15 is 0 Å². The van der Waals surface area contributed by atoms with Gasteiger partial charge in [0.05, 0.1) is 43.3 Å². The molecule has 7 nitrogen and oxygen atoms in total. The number of hydrogen-bond acceptors (Lipinski definition) is 7. The van der Waals surface area contributed by atoms with E-state index < -0.39 is 12.1 Å². The topological polar surface area (TPSA) is 83.1 Å². The van der Waals surface area contributed by atoms with Gasteiger partial charge in [-0.15, -0.1) is 11.8 Å². The summed E-state index contributed by atoms with van der Waals surface area (Å²) in [6.07, 6.45) is 2.47. The predicted octanol–water partition coefficient (Wildman–Crippen LogP) is 4.96. The summed E-state index contributed by atoms with van der Waals surface area (Å²) < 4.78 is 22.9. The molecule has 1 aliphatic rings. The van der Waals surface area contributed by atoms with E-state index in [1.807, 2.05) is 12.3 Å². The highest BCUT2D eigenvalue weighted by Gasteiger charge is 2.32. The zero-order valence-corrected chi connectivity index (χ0v) is 21.1. The lowest BCUT2D eigenvalue weighted by Gasteiger charge is -2.21. The highest BCUT2D eigenvalue weighted by atomic mass is 79.9. The van der Waals surface area contributed by atoms with Crippen molar-refractivity contribution in [2.45, 2.75) is 30.7 Å². The summed E-state index contributed by atoms with van der Waals surface area (Å²) in [5.74, 6) is 1.48. The molecule has 3 rings (SSSR count). The van der Waals surface area contributed by atoms with Gasteiger partial charge in [0.1, 0.15) is 0 Å². The van der Waals surface area contributed by atoms with Crippen LogP contribution in [0, 0.1) is 0 Å². The van der Waals surface area contributed by atoms with Crippen LogP contribution < -0.4 is 25.0 Å². The number of halogens is 1. The van der Waals surface area contributed by atoms with Crippen molar-refractivity contribution in [1.82, 2.24) is 5.32 Å². The first-order valence-corrected chi connectivity index (χ1v) is 12.1. The van der Waals surface area contributed by atoms with Gasteiger partial charge in [-0.1, -0.05) is 6.07 Å². The number of carbonyl (C=O) groups is 1. The Bertz CT molecular complexity index is 1090. The van der Waals surface area contributed by atoms with Crippen LogP contribution in [0.25, 0.3) is 11.1 Å². The number of rotatable bonds is 6. The first kappa shape index (κ1) is 24.3. The van der Waals surface area contributed by atoms with Crippen molar-refractivity contribution in [3.05, 3.63) is 44.0 Å². The number of alkyl carbamates (subject to hydrolysis) is 1. The Balaban J connectivity index is 2.39. The fourth-order valence-corrected chi connectivity index (χ4v) is 5.21. The molecule has 1 atom stereocenters. The molecule has 9 heteroatoms. The van der Waals surface area contributed by atoms with Crippen molar-refractivity contribution in [2.75, 3.05) is 34.2 Å². The van der Waals surface area contributed by atoms with Crippen LogP contribution in [0.3, 0.4) is 0 Å². The van der Waals surface area contributed by atoms with E-state index in [0.29, 0.717) is 40.5 Å². The van der Waals surface area contributed by atoms with E-state index in [1.54, 1.807) is 40.4 Å². The summed E-state index contributed by atoms with van der Waals surface area (Å²) in [5.41, 5.74) is 3.09. The molecule has 0 saturated heterocycles. The minimum absolute atomic E-state index is 0.114. The van der Waals surface area contributed by atoms with Crippen LogP contribution in [0.2, 0.25) is 0 Å². The van der Waals surface area contributed by atoms with Gasteiger partial charge in [0, 0.05) is 5.56 Å². The van der Waals surface area contributed by atoms with Crippen molar-refractivity contribution >= 4 is 33.8 Å². The Morgan fingerprint density at radius 1 is 1.16 bits per heavy atom. The third-order valence-electron chi connectivity index (χ3n) is 5.37. The van der Waals surface area contributed by atoms with Crippen LogP contribution >= 0.6 is 27.7 Å². The van der Waals surface area contributed by atoms with Crippen LogP contribution in [-0.4, -0.2) is 40.3 Å². The fourth-order valence-electron chi connectivity index (χ4n) is 4.00. The number of thioether (sulfide) groups is 1. The second kappa shape index (κ2) is 10.5. The Labute approximate surface area is 199 Å². The summed E-state index contributed by atoms with van der Waals surface area (Å²) in [4.78, 5) is 25.8. The number of amides is 1. The van der Waals surface area contributed by atoms with Crippen LogP contribution in [-0.2, 0) is 11.2 Å². The number of hydrogen-bond donors (Lipinski definition) is 1. The number of ether oxygens (including phenoxy) is 4. The third kappa shape index (κ3) is 4.41. The van der Waals surface area contributed by atoms with E-state index in [2.05, 4.69) is 21.2 Å². The van der Waals surface area contributed by atoms with Gasteiger partial charge in [-0.25, -0.2) is 4.79 Å². The summed E-state index contributed by atoms with van der Waals surface area (Å²) in [7, 11) is 4.69. The lowest BCUT2D eigenvalue weighted by Crippen LogP contribution is -2.29. The van der Waals surface area contributed by atoms with Crippen molar-refractivity contribution in [2.24, 2.45) is 0 Å². The highest BCUT2D eigenvalue weighted by Crippen LogP contribution is 2.54. The summed E-state index contributed by atoms with van der Waals surface area (Å²) in [6, 6.07) is 4.86. The Morgan fingerprint density at radius 3 is 2.44 bits per heavy atom. The molecule has 1 amide bonds. The molecule has 0 radical (unpaired) electrons. The largest absolute Gasteiger partial charge is 0.492 e. The molecule has 0 aromatic heterocycles. The van der Waals surface area contributed by atoms with Crippen molar-refractivity contribution in [1.29, 1.82) is 0 Å². The number of benzene rings is 1. The molecule has 32 heavy (non-hydrogen) atoms. The van der Waals surface area contributed by atoms with Gasteiger partial charge in [-0.05, 0) is 70.8 Å². The van der Waals surface area contributed by atoms with Gasteiger partial charge in [0.15, 0.2) is 16.9 Å². The van der Waals surface area contributed by atoms with E-state index in [1.165, 1.54) is 11.8 Å². The van der Waals surface area contributed by atoms with Gasteiger partial charge in [0.25, 0.3) is 0 Å². The molecular formula is C23H26BrNO6S. The molecule has 172 valence electrons. The highest BCUT2D eigenvalue weighted by molar-refractivity contribution is 9.10. The summed E-state index contributed by atoms with van der Waals surface area (Å²) in [6.45, 7) is 2.00. The quantitative estimate of drug-likeness (QED) is 0.535. The maximum Gasteiger partial charge on any atom is 0.407 e. The number of fused-ring (bicyclic) bond motifs is 3. The first-order valence-electron chi connectivity index (χ1n) is 10.1. The first-order chi connectivity index (χ1) is 15.4. The summed E-state index contributed by atoms with van der Waals surface area (Å²) in [5, 5.41) is 2.92. The Hall–Kier alpha value is -2.39. The molecular weight excluding hydrogens is 498 g/mol. The molecule has 2 aromatic rings. The van der Waals surface area contributed by atoms with Crippen LogP contribution in [0.15, 0.2) is 32.4 Å². The minimum Gasteiger partial charge on any atom is -0.492 e. The van der Waals surface area contributed by atoms with Crippen molar-refractivity contribution < 1.29 is 23.7 Å². The van der Waals surface area contributed by atoms with Crippen LogP contribution in [0.4, 0.5) is 4.79 Å². The maximum absolute atomic E-state index is 12.9. The molecule has 0 saturated carbocycles. The fraction of sp³-hybridized carbons (Fsp3) is 0.391. The number of methoxy groups -OCH3 is 3. The molecule has 2 aromatic carbocycles.